The molecule has 0 aromatic heterocycles. The minimum Gasteiger partial charge on any atom is -0.342 e. The maximum Gasteiger partial charge on any atom is 0.235 e. The van der Waals surface area contributed by atoms with Crippen molar-refractivity contribution in [1.82, 2.24) is 10.2 Å². The van der Waals surface area contributed by atoms with Crippen LogP contribution in [0.1, 0.15) is 45.4 Å². The molecule has 0 aromatic rings. The fourth-order valence-corrected chi connectivity index (χ4v) is 2.77. The first kappa shape index (κ1) is 13.1. The number of unbranched alkanes of at least 4 members (excludes halogenated alkanes) is 2. The summed E-state index contributed by atoms with van der Waals surface area (Å²) in [5, 5.41) is 2.36. The van der Waals surface area contributed by atoms with E-state index in [1.807, 2.05) is 0 Å². The van der Waals surface area contributed by atoms with Gasteiger partial charge in [0.15, 0.2) is 0 Å². The second-order valence-corrected chi connectivity index (χ2v) is 5.36. The first-order valence-electron chi connectivity index (χ1n) is 6.69. The lowest BCUT2D eigenvalue weighted by atomic mass is 9.79. The van der Waals surface area contributed by atoms with Gasteiger partial charge in [-0.3, -0.25) is 19.7 Å². The van der Waals surface area contributed by atoms with E-state index in [-0.39, 0.29) is 24.1 Å². The molecule has 2 rings (SSSR count). The van der Waals surface area contributed by atoms with E-state index in [1.165, 1.54) is 0 Å². The molecule has 0 aromatic carbocycles. The van der Waals surface area contributed by atoms with Crippen molar-refractivity contribution in [2.24, 2.45) is 5.41 Å². The van der Waals surface area contributed by atoms with E-state index < -0.39 is 5.41 Å². The molecule has 2 saturated heterocycles. The van der Waals surface area contributed by atoms with Gasteiger partial charge in [0.05, 0.1) is 5.41 Å². The van der Waals surface area contributed by atoms with E-state index >= 15 is 0 Å². The summed E-state index contributed by atoms with van der Waals surface area (Å²) >= 11 is 0. The van der Waals surface area contributed by atoms with Gasteiger partial charge < -0.3 is 4.90 Å². The average molecular weight is 252 g/mol. The molecule has 2 fully saturated rings. The zero-order chi connectivity index (χ0) is 13.2. The number of piperidine rings is 1. The van der Waals surface area contributed by atoms with Crippen LogP contribution >= 0.6 is 0 Å². The van der Waals surface area contributed by atoms with Gasteiger partial charge in [-0.1, -0.05) is 19.8 Å². The molecule has 1 unspecified atom stereocenters. The number of amides is 3. The minimum absolute atomic E-state index is 0.0515. The summed E-state index contributed by atoms with van der Waals surface area (Å²) in [4.78, 5) is 36.8. The fraction of sp³-hybridized carbons (Fsp3) is 0.769. The Hall–Kier alpha value is -1.39. The van der Waals surface area contributed by atoms with Crippen LogP contribution in [0.15, 0.2) is 0 Å². The van der Waals surface area contributed by atoms with Gasteiger partial charge in [-0.2, -0.15) is 0 Å². The highest BCUT2D eigenvalue weighted by molar-refractivity contribution is 6.03. The zero-order valence-electron chi connectivity index (χ0n) is 10.8. The lowest BCUT2D eigenvalue weighted by molar-refractivity contribution is -0.142. The summed E-state index contributed by atoms with van der Waals surface area (Å²) in [7, 11) is 0. The molecule has 1 spiro atoms. The van der Waals surface area contributed by atoms with Crippen LogP contribution in [0, 0.1) is 5.41 Å². The molecular weight excluding hydrogens is 232 g/mol. The third-order valence-electron chi connectivity index (χ3n) is 3.93. The number of nitrogens with one attached hydrogen (secondary N) is 1. The first-order chi connectivity index (χ1) is 8.57. The molecule has 100 valence electrons. The van der Waals surface area contributed by atoms with Gasteiger partial charge in [-0.05, 0) is 12.8 Å². The monoisotopic (exact) mass is 252 g/mol. The summed E-state index contributed by atoms with van der Waals surface area (Å²) in [6.07, 6.45) is 4.32. The number of carbonyl (C=O) groups is 3. The third-order valence-corrected chi connectivity index (χ3v) is 3.93. The summed E-state index contributed by atoms with van der Waals surface area (Å²) in [6.45, 7) is 3.33. The molecule has 2 aliphatic heterocycles. The third kappa shape index (κ3) is 2.40. The zero-order valence-corrected chi connectivity index (χ0v) is 10.8. The topological polar surface area (TPSA) is 66.5 Å². The number of likely N-dealkylation sites (tertiary alicyclic amines) is 1. The Morgan fingerprint density at radius 1 is 1.28 bits per heavy atom. The van der Waals surface area contributed by atoms with Crippen LogP contribution in [0.25, 0.3) is 0 Å². The standard InChI is InChI=1S/C13H20N2O3/c1-2-3-4-7-15-9-13(8-11(15)17)6-5-10(16)14-12(13)18/h2-9H2,1H3,(H,14,16,18). The predicted octanol–water partition coefficient (Wildman–Crippen LogP) is 0.832. The van der Waals surface area contributed by atoms with Crippen LogP contribution in [0.4, 0.5) is 0 Å². The molecule has 2 heterocycles. The largest absolute Gasteiger partial charge is 0.342 e. The second-order valence-electron chi connectivity index (χ2n) is 5.36. The average Bonchev–Trinajstić information content (AvgIpc) is 2.64. The highest BCUT2D eigenvalue weighted by Crippen LogP contribution is 2.38. The van der Waals surface area contributed by atoms with Crippen LogP contribution < -0.4 is 5.32 Å². The van der Waals surface area contributed by atoms with Crippen molar-refractivity contribution >= 4 is 17.7 Å². The Labute approximate surface area is 107 Å². The van der Waals surface area contributed by atoms with E-state index in [0.29, 0.717) is 19.4 Å². The van der Waals surface area contributed by atoms with Crippen molar-refractivity contribution in [2.45, 2.75) is 45.4 Å². The first-order valence-corrected chi connectivity index (χ1v) is 6.69. The van der Waals surface area contributed by atoms with Crippen LogP contribution in [-0.2, 0) is 14.4 Å². The van der Waals surface area contributed by atoms with E-state index in [0.717, 1.165) is 25.8 Å². The van der Waals surface area contributed by atoms with Crippen molar-refractivity contribution in [3.05, 3.63) is 0 Å². The van der Waals surface area contributed by atoms with E-state index in [9.17, 15) is 14.4 Å². The van der Waals surface area contributed by atoms with Gasteiger partial charge in [0.2, 0.25) is 17.7 Å². The number of hydrogen-bond acceptors (Lipinski definition) is 3. The molecule has 0 saturated carbocycles. The van der Waals surface area contributed by atoms with Crippen molar-refractivity contribution in [3.8, 4) is 0 Å². The summed E-state index contributed by atoms with van der Waals surface area (Å²) < 4.78 is 0. The van der Waals surface area contributed by atoms with Crippen LogP contribution in [0.3, 0.4) is 0 Å². The normalized spacial score (nSPS) is 28.1. The van der Waals surface area contributed by atoms with E-state index in [4.69, 9.17) is 0 Å². The van der Waals surface area contributed by atoms with Crippen molar-refractivity contribution in [1.29, 1.82) is 0 Å². The number of imide groups is 1. The van der Waals surface area contributed by atoms with Gasteiger partial charge in [0.1, 0.15) is 0 Å². The van der Waals surface area contributed by atoms with Gasteiger partial charge in [0, 0.05) is 25.9 Å². The van der Waals surface area contributed by atoms with E-state index in [1.54, 1.807) is 4.90 Å². The Kier molecular flexibility index (Phi) is 3.68. The Bertz CT molecular complexity index is 380. The van der Waals surface area contributed by atoms with Crippen molar-refractivity contribution in [3.63, 3.8) is 0 Å². The van der Waals surface area contributed by atoms with Gasteiger partial charge >= 0.3 is 0 Å². The summed E-state index contributed by atoms with van der Waals surface area (Å²) in [5.41, 5.74) is -0.642. The van der Waals surface area contributed by atoms with Gasteiger partial charge in [-0.15, -0.1) is 0 Å². The molecular formula is C13H20N2O3. The molecule has 2 aliphatic rings. The summed E-state index contributed by atoms with van der Waals surface area (Å²) in [5.74, 6) is -0.428. The minimum atomic E-state index is -0.642. The predicted molar refractivity (Wildman–Crippen MR) is 65.5 cm³/mol. The molecule has 1 atom stereocenters. The molecule has 5 heteroatoms. The molecule has 3 amide bonds. The maximum absolute atomic E-state index is 11.9. The molecule has 5 nitrogen and oxygen atoms in total. The van der Waals surface area contributed by atoms with Crippen LogP contribution in [-0.4, -0.2) is 35.7 Å². The SMILES string of the molecule is CCCCCN1CC2(CCC(=O)NC2=O)CC1=O. The highest BCUT2D eigenvalue weighted by atomic mass is 16.2. The molecule has 0 radical (unpaired) electrons. The molecule has 18 heavy (non-hydrogen) atoms. The number of rotatable bonds is 4. The lowest BCUT2D eigenvalue weighted by Gasteiger charge is -2.30. The Morgan fingerprint density at radius 2 is 2.06 bits per heavy atom. The Morgan fingerprint density at radius 3 is 2.72 bits per heavy atom. The second kappa shape index (κ2) is 5.08. The molecule has 0 bridgehead atoms. The smallest absolute Gasteiger partial charge is 0.235 e. The van der Waals surface area contributed by atoms with Crippen molar-refractivity contribution in [2.75, 3.05) is 13.1 Å². The maximum atomic E-state index is 11.9. The van der Waals surface area contributed by atoms with Gasteiger partial charge in [-0.25, -0.2) is 0 Å². The molecule has 0 aliphatic carbocycles. The van der Waals surface area contributed by atoms with Crippen LogP contribution in [0.2, 0.25) is 0 Å². The van der Waals surface area contributed by atoms with Crippen molar-refractivity contribution < 1.29 is 14.4 Å². The Balaban J connectivity index is 1.98. The fourth-order valence-electron chi connectivity index (χ4n) is 2.77. The quantitative estimate of drug-likeness (QED) is 0.595. The highest BCUT2D eigenvalue weighted by Gasteiger charge is 2.50. The number of nitrogens with zero attached hydrogens (tertiary/aromatic N) is 1. The lowest BCUT2D eigenvalue weighted by Crippen LogP contribution is -2.50. The number of carbonyl (C=O) groups excluding carboxylic acids is 3. The molecule has 1 N–H and O–H groups in total. The summed E-state index contributed by atoms with van der Waals surface area (Å²) in [6, 6.07) is 0. The van der Waals surface area contributed by atoms with Gasteiger partial charge in [0.25, 0.3) is 0 Å². The number of hydrogen-bond donors (Lipinski definition) is 1. The van der Waals surface area contributed by atoms with E-state index in [2.05, 4.69) is 12.2 Å². The van der Waals surface area contributed by atoms with Crippen LogP contribution in [0.5, 0.6) is 0 Å².